The zero-order valence-electron chi connectivity index (χ0n) is 28.6. The molecule has 43 heavy (non-hydrogen) atoms. The molecular formula is C36H62O7. The van der Waals surface area contributed by atoms with Crippen LogP contribution in [0.1, 0.15) is 133 Å². The van der Waals surface area contributed by atoms with Gasteiger partial charge in [-0.2, -0.15) is 0 Å². The van der Waals surface area contributed by atoms with Gasteiger partial charge in [0.15, 0.2) is 5.60 Å². The highest BCUT2D eigenvalue weighted by Gasteiger charge is 2.47. The maximum Gasteiger partial charge on any atom is 0.339 e. The molecular weight excluding hydrogens is 544 g/mol. The van der Waals surface area contributed by atoms with Crippen LogP contribution < -0.4 is 0 Å². The van der Waals surface area contributed by atoms with Crippen molar-refractivity contribution in [1.29, 1.82) is 0 Å². The third-order valence-electron chi connectivity index (χ3n) is 11.0. The highest BCUT2D eigenvalue weighted by molar-refractivity contribution is 5.90. The van der Waals surface area contributed by atoms with Crippen molar-refractivity contribution in [2.45, 2.75) is 157 Å². The van der Waals surface area contributed by atoms with Gasteiger partial charge in [-0.15, -0.1) is 0 Å². The maximum absolute atomic E-state index is 13.8. The molecule has 3 rings (SSSR count). The van der Waals surface area contributed by atoms with Crippen LogP contribution in [0.5, 0.6) is 0 Å². The normalized spacial score (nSPS) is 33.8. The third kappa shape index (κ3) is 9.93. The minimum absolute atomic E-state index is 0.161. The summed E-state index contributed by atoms with van der Waals surface area (Å²) in [6.07, 6.45) is 6.17. The molecule has 0 aromatic carbocycles. The minimum Gasteiger partial charge on any atom is -0.462 e. The fourth-order valence-corrected chi connectivity index (χ4v) is 8.10. The lowest BCUT2D eigenvalue weighted by Gasteiger charge is -2.39. The van der Waals surface area contributed by atoms with Gasteiger partial charge in [0.1, 0.15) is 18.3 Å². The summed E-state index contributed by atoms with van der Waals surface area (Å²) in [6, 6.07) is 0. The summed E-state index contributed by atoms with van der Waals surface area (Å²) < 4.78 is 18.0. The van der Waals surface area contributed by atoms with Crippen LogP contribution in [-0.4, -0.2) is 46.9 Å². The lowest BCUT2D eigenvalue weighted by molar-refractivity contribution is -0.190. The Morgan fingerprint density at radius 2 is 0.884 bits per heavy atom. The van der Waals surface area contributed by atoms with E-state index in [9.17, 15) is 19.5 Å². The molecule has 0 aromatic heterocycles. The average molecular weight is 607 g/mol. The molecule has 3 aliphatic carbocycles. The first-order chi connectivity index (χ1) is 20.1. The molecule has 0 heterocycles. The van der Waals surface area contributed by atoms with Gasteiger partial charge in [0.05, 0.1) is 12.8 Å². The van der Waals surface area contributed by atoms with E-state index >= 15 is 0 Å². The van der Waals surface area contributed by atoms with E-state index < -0.39 is 36.4 Å². The minimum atomic E-state index is -2.35. The first-order valence-electron chi connectivity index (χ1n) is 17.4. The molecule has 7 heteroatoms. The van der Waals surface area contributed by atoms with Crippen molar-refractivity contribution in [3.05, 3.63) is 0 Å². The van der Waals surface area contributed by atoms with Gasteiger partial charge in [-0.3, -0.25) is 9.59 Å². The standard InChI is InChI=1S/C36H62O7/c1-21(2)27-13-10-24(7)16-30(27)41-33(37)19-36(40,35(39)43-32-18-26(9)12-15-29(32)23(5)6)20-34(38)42-31-17-25(8)11-14-28(31)22(3)4/h21-32,40H,10-20H2,1-9H3/t24-,25-,26-,27+,28+,29+,30-,31-,32-/m0/s1. The Balaban J connectivity index is 1.80. The third-order valence-corrected chi connectivity index (χ3v) is 11.0. The Morgan fingerprint density at radius 3 is 1.19 bits per heavy atom. The first-order valence-corrected chi connectivity index (χ1v) is 17.4. The Morgan fingerprint density at radius 1 is 0.581 bits per heavy atom. The summed E-state index contributed by atoms with van der Waals surface area (Å²) in [5.74, 6) is 0.601. The van der Waals surface area contributed by atoms with Crippen LogP contribution >= 0.6 is 0 Å². The van der Waals surface area contributed by atoms with Crippen molar-refractivity contribution < 1.29 is 33.7 Å². The topological polar surface area (TPSA) is 99.1 Å². The molecule has 0 aromatic rings. The summed E-state index contributed by atoms with van der Waals surface area (Å²) in [5.41, 5.74) is -2.35. The van der Waals surface area contributed by atoms with Crippen LogP contribution in [0.4, 0.5) is 0 Å². The Bertz CT molecular complexity index is 879. The molecule has 7 nitrogen and oxygen atoms in total. The smallest absolute Gasteiger partial charge is 0.339 e. The van der Waals surface area contributed by atoms with E-state index in [1.807, 2.05) is 0 Å². The molecule has 3 saturated carbocycles. The molecule has 248 valence electrons. The number of esters is 3. The van der Waals surface area contributed by atoms with Crippen LogP contribution in [0.15, 0.2) is 0 Å². The van der Waals surface area contributed by atoms with E-state index in [0.29, 0.717) is 41.9 Å². The van der Waals surface area contributed by atoms with Gasteiger partial charge in [0, 0.05) is 0 Å². The van der Waals surface area contributed by atoms with Gasteiger partial charge in [-0.25, -0.2) is 4.79 Å². The van der Waals surface area contributed by atoms with Crippen molar-refractivity contribution in [3.8, 4) is 0 Å². The lowest BCUT2D eigenvalue weighted by atomic mass is 9.75. The molecule has 0 amide bonds. The monoisotopic (exact) mass is 606 g/mol. The number of hydrogen-bond acceptors (Lipinski definition) is 7. The van der Waals surface area contributed by atoms with E-state index in [0.717, 1.165) is 51.4 Å². The maximum atomic E-state index is 13.8. The Kier molecular flexibility index (Phi) is 13.0. The van der Waals surface area contributed by atoms with Crippen LogP contribution in [0, 0.1) is 53.3 Å². The molecule has 0 unspecified atom stereocenters. The number of hydrogen-bond donors (Lipinski definition) is 1. The summed E-state index contributed by atoms with van der Waals surface area (Å²) in [4.78, 5) is 40.7. The summed E-state index contributed by atoms with van der Waals surface area (Å²) in [6.45, 7) is 19.3. The van der Waals surface area contributed by atoms with Gasteiger partial charge >= 0.3 is 17.9 Å². The number of rotatable bonds is 11. The number of aliphatic hydroxyl groups is 1. The van der Waals surface area contributed by atoms with Gasteiger partial charge in [-0.05, 0) is 91.8 Å². The molecule has 0 spiro atoms. The molecule has 0 radical (unpaired) electrons. The van der Waals surface area contributed by atoms with Crippen molar-refractivity contribution >= 4 is 17.9 Å². The fraction of sp³-hybridized carbons (Fsp3) is 0.917. The van der Waals surface area contributed by atoms with Crippen molar-refractivity contribution in [3.63, 3.8) is 0 Å². The second-order valence-corrected chi connectivity index (χ2v) is 15.9. The zero-order chi connectivity index (χ0) is 32.1. The second-order valence-electron chi connectivity index (χ2n) is 15.9. The Hall–Kier alpha value is -1.63. The highest BCUT2D eigenvalue weighted by Crippen LogP contribution is 2.39. The molecule has 9 atom stereocenters. The SMILES string of the molecule is CC(C)[C@H]1CC[C@H](C)C[C@@H]1OC(=O)CC(O)(CC(=O)O[C@H]1C[C@@H](C)CC[C@@H]1C(C)C)C(=O)O[C@H]1C[C@@H](C)CC[C@@H]1C(C)C. The van der Waals surface area contributed by atoms with Crippen LogP contribution in [0.25, 0.3) is 0 Å². The number of carbonyl (C=O) groups is 3. The fourth-order valence-electron chi connectivity index (χ4n) is 8.10. The van der Waals surface area contributed by atoms with Crippen molar-refractivity contribution in [2.24, 2.45) is 53.3 Å². The van der Waals surface area contributed by atoms with Gasteiger partial charge < -0.3 is 19.3 Å². The summed E-state index contributed by atoms with van der Waals surface area (Å²) in [5, 5.41) is 11.9. The van der Waals surface area contributed by atoms with E-state index in [2.05, 4.69) is 62.3 Å². The predicted octanol–water partition coefficient (Wildman–Crippen LogP) is 7.51. The van der Waals surface area contributed by atoms with Crippen molar-refractivity contribution in [2.75, 3.05) is 0 Å². The zero-order valence-corrected chi connectivity index (χ0v) is 28.6. The van der Waals surface area contributed by atoms with E-state index in [1.165, 1.54) is 0 Å². The highest BCUT2D eigenvalue weighted by atomic mass is 16.6. The summed E-state index contributed by atoms with van der Waals surface area (Å²) >= 11 is 0. The molecule has 3 aliphatic rings. The first kappa shape index (κ1) is 35.8. The second kappa shape index (κ2) is 15.6. The molecule has 1 N–H and O–H groups in total. The predicted molar refractivity (Wildman–Crippen MR) is 168 cm³/mol. The van der Waals surface area contributed by atoms with E-state index in [-0.39, 0.29) is 36.1 Å². The lowest BCUT2D eigenvalue weighted by Crippen LogP contribution is -2.49. The van der Waals surface area contributed by atoms with Gasteiger partial charge in [0.2, 0.25) is 0 Å². The molecule has 0 bridgehead atoms. The van der Waals surface area contributed by atoms with Gasteiger partial charge in [-0.1, -0.05) is 81.6 Å². The quantitative estimate of drug-likeness (QED) is 0.192. The van der Waals surface area contributed by atoms with E-state index in [4.69, 9.17) is 14.2 Å². The molecule has 0 saturated heterocycles. The molecule has 3 fully saturated rings. The van der Waals surface area contributed by atoms with Crippen LogP contribution in [-0.2, 0) is 28.6 Å². The van der Waals surface area contributed by atoms with Crippen molar-refractivity contribution in [1.82, 2.24) is 0 Å². The molecule has 0 aliphatic heterocycles. The van der Waals surface area contributed by atoms with Crippen LogP contribution in [0.2, 0.25) is 0 Å². The number of ether oxygens (including phenoxy) is 3. The van der Waals surface area contributed by atoms with Crippen LogP contribution in [0.3, 0.4) is 0 Å². The largest absolute Gasteiger partial charge is 0.462 e. The summed E-state index contributed by atoms with van der Waals surface area (Å²) in [7, 11) is 0. The average Bonchev–Trinajstić information content (AvgIpc) is 2.87. The Labute approximate surface area is 261 Å². The number of carbonyl (C=O) groups excluding carboxylic acids is 3. The van der Waals surface area contributed by atoms with Gasteiger partial charge in [0.25, 0.3) is 0 Å². The van der Waals surface area contributed by atoms with E-state index in [1.54, 1.807) is 0 Å².